The van der Waals surface area contributed by atoms with Gasteiger partial charge >= 0.3 is 6.09 Å². The number of carboxylic acid groups (broad SMARTS) is 1. The zero-order valence-corrected chi connectivity index (χ0v) is 13.9. The summed E-state index contributed by atoms with van der Waals surface area (Å²) >= 11 is 11.8. The molecule has 0 atom stereocenters. The van der Waals surface area contributed by atoms with Gasteiger partial charge in [0.15, 0.2) is 6.61 Å². The molecule has 2 N–H and O–H groups in total. The minimum absolute atomic E-state index is 0.149. The molecule has 3 fully saturated rings. The highest BCUT2D eigenvalue weighted by molar-refractivity contribution is 6.42. The number of hydrogen-bond donors (Lipinski definition) is 2. The summed E-state index contributed by atoms with van der Waals surface area (Å²) in [5.41, 5.74) is -0.492. The molecule has 3 saturated carbocycles. The quantitative estimate of drug-likeness (QED) is 0.837. The van der Waals surface area contributed by atoms with Gasteiger partial charge in [0.05, 0.1) is 15.5 Å². The maximum atomic E-state index is 10.7. The minimum Gasteiger partial charge on any atom is -0.485 e. The van der Waals surface area contributed by atoms with Gasteiger partial charge in [-0.15, -0.1) is 0 Å². The smallest absolute Gasteiger partial charge is 0.405 e. The van der Waals surface area contributed by atoms with Crippen molar-refractivity contribution < 1.29 is 19.2 Å². The highest BCUT2D eigenvalue weighted by atomic mass is 35.5. The van der Waals surface area contributed by atoms with Crippen molar-refractivity contribution in [3.8, 4) is 5.75 Å². The molecule has 24 heavy (non-hydrogen) atoms. The Hall–Kier alpha value is -1.99. The lowest BCUT2D eigenvalue weighted by molar-refractivity contribution is -0.0998. The van der Waals surface area contributed by atoms with Crippen LogP contribution in [0.2, 0.25) is 10.0 Å². The second-order valence-corrected chi connectivity index (χ2v) is 7.22. The van der Waals surface area contributed by atoms with Crippen molar-refractivity contribution in [2.75, 3.05) is 0 Å². The third-order valence-electron chi connectivity index (χ3n) is 4.58. The average molecular weight is 370 g/mol. The molecule has 1 aromatic carbocycles. The molecule has 0 saturated heterocycles. The molecule has 1 heterocycles. The molecule has 0 unspecified atom stereocenters. The zero-order chi connectivity index (χ0) is 16.9. The largest absolute Gasteiger partial charge is 0.485 e. The summed E-state index contributed by atoms with van der Waals surface area (Å²) in [6, 6.07) is 4.97. The molecule has 126 valence electrons. The summed E-state index contributed by atoms with van der Waals surface area (Å²) in [6.45, 7) is 0.149. The zero-order valence-electron chi connectivity index (χ0n) is 12.4. The highest BCUT2D eigenvalue weighted by Gasteiger charge is 2.72. The van der Waals surface area contributed by atoms with E-state index in [0.717, 1.165) is 0 Å². The molecular formula is C15H13Cl2N3O4. The number of ether oxygens (including phenoxy) is 1. The number of hydrogen-bond acceptors (Lipinski definition) is 5. The number of amides is 1. The Bertz CT molecular complexity index is 803. The molecule has 9 heteroatoms. The van der Waals surface area contributed by atoms with E-state index in [1.165, 1.54) is 0 Å². The van der Waals surface area contributed by atoms with E-state index in [9.17, 15) is 4.79 Å². The summed E-state index contributed by atoms with van der Waals surface area (Å²) < 4.78 is 10.9. The lowest BCUT2D eigenvalue weighted by Gasteiger charge is -2.67. The van der Waals surface area contributed by atoms with Crippen LogP contribution in [0.15, 0.2) is 22.7 Å². The van der Waals surface area contributed by atoms with Crippen molar-refractivity contribution in [2.24, 2.45) is 0 Å². The molecule has 1 amide bonds. The van der Waals surface area contributed by atoms with Gasteiger partial charge in [-0.25, -0.2) is 4.79 Å². The van der Waals surface area contributed by atoms with Crippen LogP contribution in [0.25, 0.3) is 0 Å². The molecule has 0 radical (unpaired) electrons. The van der Waals surface area contributed by atoms with Crippen LogP contribution in [-0.2, 0) is 12.0 Å². The number of nitrogens with one attached hydrogen (secondary N) is 1. The molecule has 0 spiro atoms. The Morgan fingerprint density at radius 2 is 2.08 bits per heavy atom. The molecule has 1 aromatic heterocycles. The van der Waals surface area contributed by atoms with Crippen molar-refractivity contribution >= 4 is 29.3 Å². The van der Waals surface area contributed by atoms with E-state index in [1.807, 2.05) is 0 Å². The lowest BCUT2D eigenvalue weighted by atomic mass is 9.39. The minimum atomic E-state index is -0.996. The second-order valence-electron chi connectivity index (χ2n) is 6.40. The third kappa shape index (κ3) is 2.48. The van der Waals surface area contributed by atoms with Gasteiger partial charge < -0.3 is 19.7 Å². The summed E-state index contributed by atoms with van der Waals surface area (Å²) in [6.07, 6.45) is 1.09. The number of aromatic nitrogens is 2. The van der Waals surface area contributed by atoms with E-state index in [2.05, 4.69) is 15.5 Å². The number of carbonyl (C=O) groups is 1. The number of nitrogens with zero attached hydrogens (tertiary/aromatic N) is 2. The Morgan fingerprint density at radius 1 is 1.33 bits per heavy atom. The van der Waals surface area contributed by atoms with Crippen LogP contribution >= 0.6 is 23.2 Å². The third-order valence-corrected chi connectivity index (χ3v) is 5.32. The van der Waals surface area contributed by atoms with E-state index >= 15 is 0 Å². The van der Waals surface area contributed by atoms with Crippen molar-refractivity contribution in [1.29, 1.82) is 0 Å². The van der Waals surface area contributed by atoms with Crippen LogP contribution < -0.4 is 10.1 Å². The topological polar surface area (TPSA) is 97.5 Å². The number of halogens is 2. The average Bonchev–Trinajstić information content (AvgIpc) is 2.91. The van der Waals surface area contributed by atoms with Crippen LogP contribution in [-0.4, -0.2) is 26.9 Å². The van der Waals surface area contributed by atoms with Crippen LogP contribution in [0, 0.1) is 0 Å². The monoisotopic (exact) mass is 369 g/mol. The first-order valence-corrected chi connectivity index (χ1v) is 8.07. The summed E-state index contributed by atoms with van der Waals surface area (Å²) in [5.74, 6) is 1.54. The van der Waals surface area contributed by atoms with Gasteiger partial charge in [0.25, 0.3) is 0 Å². The molecule has 2 bridgehead atoms. The van der Waals surface area contributed by atoms with Crippen LogP contribution in [0.1, 0.15) is 31.0 Å². The Morgan fingerprint density at radius 3 is 2.75 bits per heavy atom. The Balaban J connectivity index is 1.37. The van der Waals surface area contributed by atoms with Crippen molar-refractivity contribution in [3.63, 3.8) is 0 Å². The summed E-state index contributed by atoms with van der Waals surface area (Å²) in [4.78, 5) is 15.1. The lowest BCUT2D eigenvalue weighted by Crippen LogP contribution is -2.76. The number of benzene rings is 1. The maximum absolute atomic E-state index is 10.7. The predicted molar refractivity (Wildman–Crippen MR) is 84.5 cm³/mol. The van der Waals surface area contributed by atoms with Gasteiger partial charge in [-0.1, -0.05) is 28.4 Å². The van der Waals surface area contributed by atoms with E-state index in [0.29, 0.717) is 46.8 Å². The van der Waals surface area contributed by atoms with Gasteiger partial charge in [0, 0.05) is 11.6 Å². The van der Waals surface area contributed by atoms with Gasteiger partial charge in [-0.05, 0) is 31.4 Å². The van der Waals surface area contributed by atoms with Crippen LogP contribution in [0.3, 0.4) is 0 Å². The van der Waals surface area contributed by atoms with Gasteiger partial charge in [-0.2, -0.15) is 4.98 Å². The number of rotatable bonds is 5. The fourth-order valence-corrected chi connectivity index (χ4v) is 3.90. The van der Waals surface area contributed by atoms with Gasteiger partial charge in [0.1, 0.15) is 5.75 Å². The highest BCUT2D eigenvalue weighted by Crippen LogP contribution is 2.67. The SMILES string of the molecule is O=C(O)NC12CC(c3nc(COc4ccc(Cl)c(Cl)c4)no3)(C1)C2. The normalized spacial score (nSPS) is 27.1. The van der Waals surface area contributed by atoms with Crippen LogP contribution in [0.4, 0.5) is 4.79 Å². The fourth-order valence-electron chi connectivity index (χ4n) is 3.62. The first kappa shape index (κ1) is 15.5. The van der Waals surface area contributed by atoms with Crippen molar-refractivity contribution in [2.45, 2.75) is 36.8 Å². The molecular weight excluding hydrogens is 357 g/mol. The predicted octanol–water partition coefficient (Wildman–Crippen LogP) is 3.40. The summed E-state index contributed by atoms with van der Waals surface area (Å²) in [7, 11) is 0. The first-order chi connectivity index (χ1) is 11.4. The van der Waals surface area contributed by atoms with Crippen molar-refractivity contribution in [3.05, 3.63) is 40.0 Å². The molecule has 7 nitrogen and oxygen atoms in total. The van der Waals surface area contributed by atoms with E-state index in [-0.39, 0.29) is 17.6 Å². The van der Waals surface area contributed by atoms with Gasteiger partial charge in [-0.3, -0.25) is 0 Å². The van der Waals surface area contributed by atoms with Crippen molar-refractivity contribution in [1.82, 2.24) is 15.5 Å². The van der Waals surface area contributed by atoms with E-state index in [4.69, 9.17) is 37.6 Å². The van der Waals surface area contributed by atoms with Crippen LogP contribution in [0.5, 0.6) is 5.75 Å². The Kier molecular flexibility index (Phi) is 3.40. The molecule has 5 rings (SSSR count). The standard InChI is InChI=1S/C15H13Cl2N3O4/c16-9-2-1-8(3-10(9)17)23-4-11-18-12(24-20-11)14-5-15(6-14,7-14)19-13(21)22/h1-3,19H,4-7H2,(H,21,22). The van der Waals surface area contributed by atoms with Gasteiger partial charge in [0.2, 0.25) is 11.7 Å². The molecule has 2 aromatic rings. The summed E-state index contributed by atoms with van der Waals surface area (Å²) in [5, 5.41) is 16.2. The molecule has 3 aliphatic rings. The molecule has 0 aliphatic heterocycles. The maximum Gasteiger partial charge on any atom is 0.405 e. The first-order valence-electron chi connectivity index (χ1n) is 7.32. The second kappa shape index (κ2) is 5.26. The Labute approximate surface area is 146 Å². The van der Waals surface area contributed by atoms with E-state index in [1.54, 1.807) is 18.2 Å². The van der Waals surface area contributed by atoms with E-state index < -0.39 is 6.09 Å². The molecule has 3 aliphatic carbocycles. The fraction of sp³-hybridized carbons (Fsp3) is 0.400.